The van der Waals surface area contributed by atoms with E-state index in [9.17, 15) is 9.18 Å². The lowest BCUT2D eigenvalue weighted by Crippen LogP contribution is -2.52. The van der Waals surface area contributed by atoms with Gasteiger partial charge in [-0.15, -0.1) is 0 Å². The van der Waals surface area contributed by atoms with Gasteiger partial charge in [-0.2, -0.15) is 0 Å². The van der Waals surface area contributed by atoms with E-state index in [4.69, 9.17) is 0 Å². The molecule has 1 heterocycles. The Morgan fingerprint density at radius 1 is 1.26 bits per heavy atom. The van der Waals surface area contributed by atoms with E-state index in [0.29, 0.717) is 24.4 Å². The van der Waals surface area contributed by atoms with Crippen LogP contribution < -0.4 is 10.6 Å². The predicted octanol–water partition coefficient (Wildman–Crippen LogP) is 1.94. The summed E-state index contributed by atoms with van der Waals surface area (Å²) in [5.41, 5.74) is 1.11. The number of hydrogen-bond acceptors (Lipinski definition) is 2. The Hall–Kier alpha value is -1.42. The number of amides is 1. The molecule has 1 aliphatic heterocycles. The normalized spacial score (nSPS) is 30.6. The standard InChI is InChI=1S/C15H19FN2O/c16-12-3-1-2-10(6-12)11-7-14(8-11)18-13-4-5-15(19)17-9-13/h1-3,6,11,13-14,18H,4-5,7-9H2,(H,17,19). The zero-order valence-electron chi connectivity index (χ0n) is 10.9. The second-order valence-electron chi connectivity index (χ2n) is 5.63. The summed E-state index contributed by atoms with van der Waals surface area (Å²) in [5.74, 6) is 0.486. The molecule has 2 aliphatic rings. The third kappa shape index (κ3) is 2.95. The molecule has 1 aromatic carbocycles. The average Bonchev–Trinajstić information content (AvgIpc) is 2.35. The van der Waals surface area contributed by atoms with Gasteiger partial charge in [0.1, 0.15) is 5.82 Å². The lowest BCUT2D eigenvalue weighted by molar-refractivity contribution is -0.122. The van der Waals surface area contributed by atoms with Crippen molar-refractivity contribution in [3.8, 4) is 0 Å². The van der Waals surface area contributed by atoms with E-state index < -0.39 is 0 Å². The summed E-state index contributed by atoms with van der Waals surface area (Å²) in [6, 6.07) is 7.82. The van der Waals surface area contributed by atoms with Crippen LogP contribution in [0.3, 0.4) is 0 Å². The van der Waals surface area contributed by atoms with Crippen LogP contribution >= 0.6 is 0 Å². The fourth-order valence-corrected chi connectivity index (χ4v) is 3.00. The molecule has 0 bridgehead atoms. The molecule has 0 radical (unpaired) electrons. The topological polar surface area (TPSA) is 41.1 Å². The van der Waals surface area contributed by atoms with Crippen LogP contribution in [0.4, 0.5) is 4.39 Å². The Morgan fingerprint density at radius 2 is 2.11 bits per heavy atom. The number of rotatable bonds is 3. The molecular weight excluding hydrogens is 243 g/mol. The van der Waals surface area contributed by atoms with Gasteiger partial charge in [0, 0.05) is 25.0 Å². The smallest absolute Gasteiger partial charge is 0.220 e. The minimum absolute atomic E-state index is 0.149. The Labute approximate surface area is 112 Å². The monoisotopic (exact) mass is 262 g/mol. The third-order valence-electron chi connectivity index (χ3n) is 4.20. The highest BCUT2D eigenvalue weighted by molar-refractivity contribution is 5.76. The summed E-state index contributed by atoms with van der Waals surface area (Å²) >= 11 is 0. The van der Waals surface area contributed by atoms with Crippen LogP contribution in [0.25, 0.3) is 0 Å². The molecule has 0 spiro atoms. The van der Waals surface area contributed by atoms with Gasteiger partial charge in [0.05, 0.1) is 0 Å². The number of carbonyl (C=O) groups excluding carboxylic acids is 1. The molecule has 3 nitrogen and oxygen atoms in total. The zero-order chi connectivity index (χ0) is 13.2. The number of piperidine rings is 1. The van der Waals surface area contributed by atoms with Crippen LogP contribution in [0.1, 0.15) is 37.2 Å². The van der Waals surface area contributed by atoms with Gasteiger partial charge in [-0.25, -0.2) is 4.39 Å². The maximum atomic E-state index is 13.1. The fourth-order valence-electron chi connectivity index (χ4n) is 3.00. The molecule has 1 amide bonds. The number of hydrogen-bond donors (Lipinski definition) is 2. The molecule has 102 valence electrons. The van der Waals surface area contributed by atoms with E-state index in [1.807, 2.05) is 6.07 Å². The Morgan fingerprint density at radius 3 is 2.79 bits per heavy atom. The number of benzene rings is 1. The number of halogens is 1. The van der Waals surface area contributed by atoms with E-state index in [0.717, 1.165) is 31.4 Å². The SMILES string of the molecule is O=C1CCC(NC2CC(c3cccc(F)c3)C2)CN1. The highest BCUT2D eigenvalue weighted by Gasteiger charge is 2.32. The Kier molecular flexibility index (Phi) is 3.51. The van der Waals surface area contributed by atoms with Crippen molar-refractivity contribution in [1.29, 1.82) is 0 Å². The zero-order valence-corrected chi connectivity index (χ0v) is 10.9. The summed E-state index contributed by atoms with van der Waals surface area (Å²) in [5, 5.41) is 6.47. The minimum atomic E-state index is -0.149. The Bertz CT molecular complexity index is 461. The summed E-state index contributed by atoms with van der Waals surface area (Å²) in [6.07, 6.45) is 3.67. The van der Waals surface area contributed by atoms with Crippen molar-refractivity contribution in [2.24, 2.45) is 0 Å². The second kappa shape index (κ2) is 5.29. The first-order valence-electron chi connectivity index (χ1n) is 6.99. The highest BCUT2D eigenvalue weighted by Crippen LogP contribution is 2.37. The first-order valence-corrected chi connectivity index (χ1v) is 6.99. The van der Waals surface area contributed by atoms with Crippen molar-refractivity contribution in [3.63, 3.8) is 0 Å². The maximum absolute atomic E-state index is 13.1. The molecule has 2 fully saturated rings. The van der Waals surface area contributed by atoms with Gasteiger partial charge in [-0.3, -0.25) is 4.79 Å². The van der Waals surface area contributed by atoms with Crippen molar-refractivity contribution >= 4 is 5.91 Å². The maximum Gasteiger partial charge on any atom is 0.220 e. The van der Waals surface area contributed by atoms with Crippen LogP contribution in [0.15, 0.2) is 24.3 Å². The van der Waals surface area contributed by atoms with Gasteiger partial charge in [0.2, 0.25) is 5.91 Å². The van der Waals surface area contributed by atoms with Crippen molar-refractivity contribution in [2.75, 3.05) is 6.54 Å². The first kappa shape index (κ1) is 12.6. The lowest BCUT2D eigenvalue weighted by atomic mass is 9.75. The van der Waals surface area contributed by atoms with E-state index in [1.54, 1.807) is 12.1 Å². The third-order valence-corrected chi connectivity index (χ3v) is 4.20. The molecule has 0 aromatic heterocycles. The van der Waals surface area contributed by atoms with Gasteiger partial charge < -0.3 is 10.6 Å². The minimum Gasteiger partial charge on any atom is -0.355 e. The first-order chi connectivity index (χ1) is 9.20. The van der Waals surface area contributed by atoms with Gasteiger partial charge >= 0.3 is 0 Å². The van der Waals surface area contributed by atoms with Crippen molar-refractivity contribution in [2.45, 2.75) is 43.7 Å². The van der Waals surface area contributed by atoms with Crippen LogP contribution in [0.5, 0.6) is 0 Å². The quantitative estimate of drug-likeness (QED) is 0.874. The van der Waals surface area contributed by atoms with E-state index in [-0.39, 0.29) is 11.7 Å². The van der Waals surface area contributed by atoms with Crippen molar-refractivity contribution in [1.82, 2.24) is 10.6 Å². The van der Waals surface area contributed by atoms with Crippen LogP contribution in [0, 0.1) is 5.82 Å². The van der Waals surface area contributed by atoms with Crippen LogP contribution in [-0.4, -0.2) is 24.5 Å². The summed E-state index contributed by atoms with van der Waals surface area (Å²) < 4.78 is 13.1. The molecule has 4 heteroatoms. The molecule has 19 heavy (non-hydrogen) atoms. The number of nitrogens with one attached hydrogen (secondary N) is 2. The molecule has 1 aliphatic carbocycles. The van der Waals surface area contributed by atoms with Gasteiger partial charge in [0.15, 0.2) is 0 Å². The summed E-state index contributed by atoms with van der Waals surface area (Å²) in [6.45, 7) is 0.736. The Balaban J connectivity index is 1.46. The van der Waals surface area contributed by atoms with Gasteiger partial charge in [-0.1, -0.05) is 12.1 Å². The van der Waals surface area contributed by atoms with Crippen LogP contribution in [-0.2, 0) is 4.79 Å². The van der Waals surface area contributed by atoms with E-state index >= 15 is 0 Å². The highest BCUT2D eigenvalue weighted by atomic mass is 19.1. The molecule has 1 saturated carbocycles. The molecular formula is C15H19FN2O. The van der Waals surface area contributed by atoms with Crippen molar-refractivity contribution < 1.29 is 9.18 Å². The molecule has 1 aromatic rings. The predicted molar refractivity (Wildman–Crippen MR) is 71.3 cm³/mol. The molecule has 3 rings (SSSR count). The lowest BCUT2D eigenvalue weighted by Gasteiger charge is -2.39. The molecule has 1 unspecified atom stereocenters. The van der Waals surface area contributed by atoms with E-state index in [1.165, 1.54) is 6.07 Å². The average molecular weight is 262 g/mol. The largest absolute Gasteiger partial charge is 0.355 e. The fraction of sp³-hybridized carbons (Fsp3) is 0.533. The summed E-state index contributed by atoms with van der Waals surface area (Å²) in [7, 11) is 0. The van der Waals surface area contributed by atoms with Gasteiger partial charge in [-0.05, 0) is 42.9 Å². The van der Waals surface area contributed by atoms with Crippen LogP contribution in [0.2, 0.25) is 0 Å². The molecule has 1 saturated heterocycles. The summed E-state index contributed by atoms with van der Waals surface area (Å²) in [4.78, 5) is 11.1. The van der Waals surface area contributed by atoms with Gasteiger partial charge in [0.25, 0.3) is 0 Å². The molecule has 1 atom stereocenters. The van der Waals surface area contributed by atoms with E-state index in [2.05, 4.69) is 10.6 Å². The second-order valence-corrected chi connectivity index (χ2v) is 5.63. The number of carbonyl (C=O) groups is 1. The van der Waals surface area contributed by atoms with Crippen molar-refractivity contribution in [3.05, 3.63) is 35.6 Å². The molecule has 2 N–H and O–H groups in total.